The number of rotatable bonds is 4. The Bertz CT molecular complexity index is 518. The van der Waals surface area contributed by atoms with Crippen LogP contribution in [0.1, 0.15) is 33.6 Å². The molecule has 0 saturated carbocycles. The molecule has 2 heterocycles. The fourth-order valence-corrected chi connectivity index (χ4v) is 3.04. The normalized spacial score (nSPS) is 24.5. The summed E-state index contributed by atoms with van der Waals surface area (Å²) >= 11 is 0. The van der Waals surface area contributed by atoms with Crippen molar-refractivity contribution in [1.29, 1.82) is 0 Å². The van der Waals surface area contributed by atoms with Crippen LogP contribution >= 0.6 is 0 Å². The SMILES string of the molecule is CC1CCC(C)N1C(C)C(=O)Nc1ccn(CC(F)(F)F)n1. The van der Waals surface area contributed by atoms with Crippen molar-refractivity contribution in [1.82, 2.24) is 14.7 Å². The molecule has 0 bridgehead atoms. The molecule has 1 N–H and O–H groups in total. The first-order valence-electron chi connectivity index (χ1n) is 7.36. The van der Waals surface area contributed by atoms with Crippen LogP contribution in [0.4, 0.5) is 19.0 Å². The van der Waals surface area contributed by atoms with Crippen molar-refractivity contribution in [3.05, 3.63) is 12.3 Å². The van der Waals surface area contributed by atoms with Gasteiger partial charge in [0.2, 0.25) is 5.91 Å². The van der Waals surface area contributed by atoms with Crippen molar-refractivity contribution in [2.75, 3.05) is 5.32 Å². The molecular weight excluding hydrogens is 297 g/mol. The molecule has 1 aromatic heterocycles. The highest BCUT2D eigenvalue weighted by molar-refractivity contribution is 5.93. The number of carbonyl (C=O) groups excluding carboxylic acids is 1. The predicted molar refractivity (Wildman–Crippen MR) is 76.4 cm³/mol. The number of likely N-dealkylation sites (tertiary alicyclic amines) is 1. The Morgan fingerprint density at radius 1 is 1.41 bits per heavy atom. The number of amides is 1. The van der Waals surface area contributed by atoms with Gasteiger partial charge >= 0.3 is 6.18 Å². The van der Waals surface area contributed by atoms with Crippen molar-refractivity contribution in [2.45, 2.75) is 64.5 Å². The third-order valence-electron chi connectivity index (χ3n) is 4.08. The zero-order valence-corrected chi connectivity index (χ0v) is 12.9. The molecule has 1 aliphatic heterocycles. The number of aromatic nitrogens is 2. The minimum Gasteiger partial charge on any atom is -0.308 e. The molecule has 1 aromatic rings. The molecule has 1 amide bonds. The monoisotopic (exact) mass is 318 g/mol. The number of halogens is 3. The second kappa shape index (κ2) is 6.28. The highest BCUT2D eigenvalue weighted by Gasteiger charge is 2.34. The van der Waals surface area contributed by atoms with Gasteiger partial charge < -0.3 is 5.32 Å². The molecule has 124 valence electrons. The van der Waals surface area contributed by atoms with Gasteiger partial charge in [-0.05, 0) is 33.6 Å². The van der Waals surface area contributed by atoms with Crippen molar-refractivity contribution >= 4 is 11.7 Å². The van der Waals surface area contributed by atoms with Crippen LogP contribution in [0, 0.1) is 0 Å². The van der Waals surface area contributed by atoms with Gasteiger partial charge in [0.05, 0.1) is 6.04 Å². The van der Waals surface area contributed by atoms with Gasteiger partial charge in [-0.15, -0.1) is 0 Å². The van der Waals surface area contributed by atoms with E-state index in [2.05, 4.69) is 29.2 Å². The first-order chi connectivity index (χ1) is 10.2. The zero-order valence-electron chi connectivity index (χ0n) is 12.9. The van der Waals surface area contributed by atoms with Crippen LogP contribution in [0.3, 0.4) is 0 Å². The zero-order chi connectivity index (χ0) is 16.5. The third-order valence-corrected chi connectivity index (χ3v) is 4.08. The molecule has 1 saturated heterocycles. The van der Waals surface area contributed by atoms with Crippen LogP contribution in [0.5, 0.6) is 0 Å². The molecule has 1 aliphatic rings. The largest absolute Gasteiger partial charge is 0.408 e. The first kappa shape index (κ1) is 16.8. The summed E-state index contributed by atoms with van der Waals surface area (Å²) in [5, 5.41) is 6.31. The van der Waals surface area contributed by atoms with E-state index in [1.54, 1.807) is 6.92 Å². The Morgan fingerprint density at radius 3 is 2.55 bits per heavy atom. The lowest BCUT2D eigenvalue weighted by molar-refractivity contribution is -0.142. The van der Waals surface area contributed by atoms with E-state index in [0.717, 1.165) is 17.5 Å². The molecule has 1 fully saturated rings. The summed E-state index contributed by atoms with van der Waals surface area (Å²) in [6.45, 7) is 4.79. The summed E-state index contributed by atoms with van der Waals surface area (Å²) in [5.74, 6) is -0.113. The Labute approximate surface area is 127 Å². The van der Waals surface area contributed by atoms with Gasteiger partial charge in [-0.25, -0.2) is 0 Å². The van der Waals surface area contributed by atoms with E-state index in [9.17, 15) is 18.0 Å². The van der Waals surface area contributed by atoms with Crippen molar-refractivity contribution in [2.24, 2.45) is 0 Å². The standard InChI is InChI=1S/C14H21F3N4O/c1-9-4-5-10(2)21(9)11(3)13(22)18-12-6-7-20(19-12)8-14(15,16)17/h6-7,9-11H,4-5,8H2,1-3H3,(H,18,19,22). The van der Waals surface area contributed by atoms with E-state index < -0.39 is 12.7 Å². The quantitative estimate of drug-likeness (QED) is 0.928. The van der Waals surface area contributed by atoms with Gasteiger partial charge in [0.15, 0.2) is 5.82 Å². The van der Waals surface area contributed by atoms with Gasteiger partial charge in [-0.3, -0.25) is 14.4 Å². The van der Waals surface area contributed by atoms with Crippen LogP contribution < -0.4 is 5.32 Å². The van der Waals surface area contributed by atoms with Gasteiger partial charge in [0.1, 0.15) is 6.54 Å². The van der Waals surface area contributed by atoms with Crippen molar-refractivity contribution in [3.8, 4) is 0 Å². The summed E-state index contributed by atoms with van der Waals surface area (Å²) in [5.41, 5.74) is 0. The number of carbonyl (C=O) groups is 1. The predicted octanol–water partition coefficient (Wildman–Crippen LogP) is 2.65. The molecule has 3 unspecified atom stereocenters. The Morgan fingerprint density at radius 2 is 2.00 bits per heavy atom. The summed E-state index contributed by atoms with van der Waals surface area (Å²) in [6, 6.07) is 1.66. The molecule has 0 aromatic carbocycles. The maximum atomic E-state index is 12.3. The molecule has 2 rings (SSSR count). The number of hydrogen-bond acceptors (Lipinski definition) is 3. The Hall–Kier alpha value is -1.57. The lowest BCUT2D eigenvalue weighted by Gasteiger charge is -2.31. The van der Waals surface area contributed by atoms with E-state index in [-0.39, 0.29) is 17.8 Å². The Balaban J connectivity index is 1.97. The van der Waals surface area contributed by atoms with Crippen LogP contribution in [0.2, 0.25) is 0 Å². The van der Waals surface area contributed by atoms with Crippen molar-refractivity contribution in [3.63, 3.8) is 0 Å². The topological polar surface area (TPSA) is 50.2 Å². The average Bonchev–Trinajstić information content (AvgIpc) is 2.94. The van der Waals surface area contributed by atoms with E-state index in [0.29, 0.717) is 12.1 Å². The molecular formula is C14H21F3N4O. The minimum atomic E-state index is -4.33. The molecule has 0 spiro atoms. The summed E-state index contributed by atoms with van der Waals surface area (Å²) in [6.07, 6.45) is -1.05. The number of nitrogens with zero attached hydrogens (tertiary/aromatic N) is 3. The molecule has 22 heavy (non-hydrogen) atoms. The lowest BCUT2D eigenvalue weighted by Crippen LogP contribution is -2.46. The number of alkyl halides is 3. The van der Waals surface area contributed by atoms with Crippen molar-refractivity contribution < 1.29 is 18.0 Å². The lowest BCUT2D eigenvalue weighted by atomic mass is 10.2. The molecule has 3 atom stereocenters. The molecule has 0 radical (unpaired) electrons. The molecule has 5 nitrogen and oxygen atoms in total. The third kappa shape index (κ3) is 4.00. The number of anilines is 1. The van der Waals surface area contributed by atoms with E-state index in [4.69, 9.17) is 0 Å². The van der Waals surface area contributed by atoms with Gasteiger partial charge in [0.25, 0.3) is 0 Å². The van der Waals surface area contributed by atoms with Gasteiger partial charge in [0, 0.05) is 24.3 Å². The van der Waals surface area contributed by atoms with E-state index >= 15 is 0 Å². The summed E-state index contributed by atoms with van der Waals surface area (Å²) in [4.78, 5) is 14.4. The smallest absolute Gasteiger partial charge is 0.308 e. The van der Waals surface area contributed by atoms with Gasteiger partial charge in [-0.1, -0.05) is 0 Å². The van der Waals surface area contributed by atoms with Crippen LogP contribution in [-0.4, -0.2) is 44.9 Å². The maximum absolute atomic E-state index is 12.3. The fourth-order valence-electron chi connectivity index (χ4n) is 3.04. The molecule has 0 aliphatic carbocycles. The maximum Gasteiger partial charge on any atom is 0.408 e. The van der Waals surface area contributed by atoms with E-state index in [1.807, 2.05) is 0 Å². The van der Waals surface area contributed by atoms with Crippen LogP contribution in [0.25, 0.3) is 0 Å². The summed E-state index contributed by atoms with van der Waals surface area (Å²) in [7, 11) is 0. The average molecular weight is 318 g/mol. The number of nitrogens with one attached hydrogen (secondary N) is 1. The minimum absolute atomic E-state index is 0.139. The number of hydrogen-bond donors (Lipinski definition) is 1. The highest BCUT2D eigenvalue weighted by Crippen LogP contribution is 2.26. The molecule has 8 heteroatoms. The first-order valence-corrected chi connectivity index (χ1v) is 7.36. The second-order valence-electron chi connectivity index (χ2n) is 5.90. The van der Waals surface area contributed by atoms with Crippen LogP contribution in [0.15, 0.2) is 12.3 Å². The van der Waals surface area contributed by atoms with Crippen LogP contribution in [-0.2, 0) is 11.3 Å². The second-order valence-corrected chi connectivity index (χ2v) is 5.90. The summed E-state index contributed by atoms with van der Waals surface area (Å²) < 4.78 is 37.6. The highest BCUT2D eigenvalue weighted by atomic mass is 19.4. The fraction of sp³-hybridized carbons (Fsp3) is 0.714. The Kier molecular flexibility index (Phi) is 4.79. The van der Waals surface area contributed by atoms with Gasteiger partial charge in [-0.2, -0.15) is 18.3 Å². The van der Waals surface area contributed by atoms with E-state index in [1.165, 1.54) is 12.3 Å².